The summed E-state index contributed by atoms with van der Waals surface area (Å²) < 4.78 is 6.02. The molecule has 0 aliphatic heterocycles. The van der Waals surface area contributed by atoms with Crippen molar-refractivity contribution in [2.24, 2.45) is 0 Å². The maximum atomic E-state index is 12.7. The molecule has 0 aliphatic rings. The Morgan fingerprint density at radius 1 is 0.554 bits per heavy atom. The van der Waals surface area contributed by atoms with Crippen molar-refractivity contribution in [1.82, 2.24) is 4.90 Å². The predicted octanol–water partition coefficient (Wildman–Crippen LogP) is 10.7. The van der Waals surface area contributed by atoms with E-state index in [1.807, 2.05) is 0 Å². The third-order valence-corrected chi connectivity index (χ3v) is 10.7. The van der Waals surface area contributed by atoms with Crippen LogP contribution >= 0.6 is 0 Å². The summed E-state index contributed by atoms with van der Waals surface area (Å²) in [6, 6.07) is 0. The monoisotopic (exact) mass is 869 g/mol. The first-order valence-corrected chi connectivity index (χ1v) is 23.3. The standard InChI is InChI=1S/C39H73N3O5.C7H16O.Y/c1-4-6-8-10-13-19-26-34(27-20-14-11-9-7-5-2)47-35(44)28-21-15-12-16-22-30-42(31-23-17-18-24-33-43)32-25-29-41-37-36(40-3)38(45)39(37)46;1-2-3-4-5-6-7-8;/h34,40-41,43H,4-33H2,1-3H3;8H,2-7H2,1H3;. The van der Waals surface area contributed by atoms with Crippen LogP contribution in [-0.4, -0.2) is 73.6 Å². The van der Waals surface area contributed by atoms with Crippen molar-refractivity contribution in [1.29, 1.82) is 0 Å². The first-order chi connectivity index (χ1) is 26.9. The van der Waals surface area contributed by atoms with Crippen molar-refractivity contribution >= 4 is 17.3 Å². The molecule has 1 aromatic rings. The fourth-order valence-electron chi connectivity index (χ4n) is 7.11. The molecule has 0 aromatic heterocycles. The molecule has 0 saturated carbocycles. The molecule has 0 amide bonds. The molecule has 0 heterocycles. The molecule has 0 saturated heterocycles. The van der Waals surface area contributed by atoms with Crippen molar-refractivity contribution in [2.75, 3.05) is 57.1 Å². The minimum atomic E-state index is -0.437. The number of ether oxygens (including phenoxy) is 1. The number of rotatable bonds is 40. The third kappa shape index (κ3) is 33.0. The van der Waals surface area contributed by atoms with Gasteiger partial charge < -0.3 is 30.5 Å². The average molecular weight is 869 g/mol. The number of aliphatic hydroxyl groups excluding tert-OH is 2. The van der Waals surface area contributed by atoms with Crippen LogP contribution in [0.5, 0.6) is 0 Å². The van der Waals surface area contributed by atoms with E-state index in [0.717, 1.165) is 103 Å². The minimum Gasteiger partial charge on any atom is -0.462 e. The Bertz CT molecular complexity index is 1030. The van der Waals surface area contributed by atoms with Gasteiger partial charge in [-0.05, 0) is 83.8 Å². The van der Waals surface area contributed by atoms with Gasteiger partial charge in [0.25, 0.3) is 10.9 Å². The van der Waals surface area contributed by atoms with Gasteiger partial charge in [-0.3, -0.25) is 14.4 Å². The SMILES string of the molecule is CCCCCCCCC(CCCCCCCC)OC(=O)CCCCCCCN(CCCCCCO)CCCNc1c(NC)c(=O)c1=O.CCCCCCCO.[Y]. The van der Waals surface area contributed by atoms with Gasteiger partial charge in [0.1, 0.15) is 17.5 Å². The summed E-state index contributed by atoms with van der Waals surface area (Å²) >= 11 is 0. The largest absolute Gasteiger partial charge is 0.462 e. The molecule has 1 rings (SSSR count). The van der Waals surface area contributed by atoms with Gasteiger partial charge in [-0.2, -0.15) is 0 Å². The smallest absolute Gasteiger partial charge is 0.306 e. The summed E-state index contributed by atoms with van der Waals surface area (Å²) in [4.78, 5) is 38.6. The van der Waals surface area contributed by atoms with Gasteiger partial charge in [-0.15, -0.1) is 0 Å². The molecule has 327 valence electrons. The molecule has 10 heteroatoms. The Morgan fingerprint density at radius 3 is 1.41 bits per heavy atom. The van der Waals surface area contributed by atoms with E-state index in [9.17, 15) is 14.4 Å². The van der Waals surface area contributed by atoms with Crippen LogP contribution in [0.3, 0.4) is 0 Å². The molecule has 4 N–H and O–H groups in total. The molecule has 56 heavy (non-hydrogen) atoms. The quantitative estimate of drug-likeness (QED) is 0.0290. The van der Waals surface area contributed by atoms with Gasteiger partial charge in [0.05, 0.1) is 0 Å². The summed E-state index contributed by atoms with van der Waals surface area (Å²) in [6.07, 6.45) is 34.5. The van der Waals surface area contributed by atoms with Crippen molar-refractivity contribution < 1.29 is 52.5 Å². The Labute approximate surface area is 369 Å². The molecule has 0 spiro atoms. The molecule has 9 nitrogen and oxygen atoms in total. The molecule has 0 fully saturated rings. The molecule has 1 radical (unpaired) electrons. The van der Waals surface area contributed by atoms with E-state index >= 15 is 0 Å². The second kappa shape index (κ2) is 43.7. The zero-order valence-electron chi connectivity index (χ0n) is 37.1. The van der Waals surface area contributed by atoms with Crippen LogP contribution in [-0.2, 0) is 42.2 Å². The average Bonchev–Trinajstić information content (AvgIpc) is 3.19. The van der Waals surface area contributed by atoms with E-state index in [1.54, 1.807) is 7.05 Å². The first kappa shape index (κ1) is 57.2. The summed E-state index contributed by atoms with van der Waals surface area (Å²) in [7, 11) is 1.66. The van der Waals surface area contributed by atoms with E-state index in [-0.39, 0.29) is 51.4 Å². The van der Waals surface area contributed by atoms with Crippen LogP contribution in [0.25, 0.3) is 0 Å². The van der Waals surface area contributed by atoms with Gasteiger partial charge in [0.2, 0.25) is 0 Å². The summed E-state index contributed by atoms with van der Waals surface area (Å²) in [5.41, 5.74) is -0.0506. The Balaban J connectivity index is 0. The Morgan fingerprint density at radius 2 is 0.946 bits per heavy atom. The molecule has 0 bridgehead atoms. The zero-order chi connectivity index (χ0) is 40.6. The Kier molecular flexibility index (Phi) is 44.7. The van der Waals surface area contributed by atoms with Gasteiger partial charge in [-0.1, -0.05) is 143 Å². The molecule has 0 atom stereocenters. The molecule has 0 unspecified atom stereocenters. The fourth-order valence-corrected chi connectivity index (χ4v) is 7.11. The van der Waals surface area contributed by atoms with E-state index < -0.39 is 10.9 Å². The molecular formula is C46H89N3O6Y. The number of carbonyl (C=O) groups excluding carboxylic acids is 1. The van der Waals surface area contributed by atoms with Crippen molar-refractivity contribution in [3.05, 3.63) is 20.4 Å². The second-order valence-corrected chi connectivity index (χ2v) is 15.8. The maximum Gasteiger partial charge on any atom is 0.306 e. The van der Waals surface area contributed by atoms with Gasteiger partial charge in [-0.25, -0.2) is 0 Å². The normalized spacial score (nSPS) is 11.1. The number of anilines is 2. The Hall–Kier alpha value is -0.866. The minimum absolute atomic E-state index is 0. The molecular weight excluding hydrogens is 779 g/mol. The molecule has 1 aromatic carbocycles. The van der Waals surface area contributed by atoms with Gasteiger partial charge >= 0.3 is 5.97 Å². The van der Waals surface area contributed by atoms with Crippen LogP contribution in [0.1, 0.15) is 213 Å². The summed E-state index contributed by atoms with van der Waals surface area (Å²) in [6.45, 7) is 11.0. The van der Waals surface area contributed by atoms with Gasteiger partial charge in [0, 0.05) is 65.9 Å². The second-order valence-electron chi connectivity index (χ2n) is 15.8. The van der Waals surface area contributed by atoms with E-state index in [1.165, 1.54) is 103 Å². The van der Waals surface area contributed by atoms with Crippen LogP contribution in [0.4, 0.5) is 11.4 Å². The van der Waals surface area contributed by atoms with Gasteiger partial charge in [0.15, 0.2) is 0 Å². The van der Waals surface area contributed by atoms with Crippen molar-refractivity contribution in [3.8, 4) is 0 Å². The number of hydrogen-bond donors (Lipinski definition) is 4. The van der Waals surface area contributed by atoms with Crippen molar-refractivity contribution in [2.45, 2.75) is 219 Å². The van der Waals surface area contributed by atoms with Crippen LogP contribution in [0.2, 0.25) is 0 Å². The third-order valence-electron chi connectivity index (χ3n) is 10.7. The van der Waals surface area contributed by atoms with Crippen LogP contribution < -0.4 is 21.5 Å². The number of aliphatic hydroxyl groups is 2. The van der Waals surface area contributed by atoms with E-state index in [4.69, 9.17) is 14.9 Å². The van der Waals surface area contributed by atoms with Crippen LogP contribution in [0, 0.1) is 0 Å². The number of unbranched alkanes of at least 4 members (excludes halogenated alkanes) is 21. The number of esters is 1. The zero-order valence-corrected chi connectivity index (χ0v) is 39.9. The van der Waals surface area contributed by atoms with Crippen molar-refractivity contribution in [3.63, 3.8) is 0 Å². The number of nitrogens with one attached hydrogen (secondary N) is 2. The number of nitrogens with zero attached hydrogens (tertiary/aromatic N) is 1. The predicted molar refractivity (Wildman–Crippen MR) is 235 cm³/mol. The maximum absolute atomic E-state index is 12.7. The van der Waals surface area contributed by atoms with Crippen LogP contribution in [0.15, 0.2) is 9.59 Å². The number of hydrogen-bond acceptors (Lipinski definition) is 9. The number of carbonyl (C=O) groups is 1. The van der Waals surface area contributed by atoms with E-state index in [2.05, 4.69) is 36.3 Å². The molecule has 0 aliphatic carbocycles. The first-order valence-electron chi connectivity index (χ1n) is 23.3. The summed E-state index contributed by atoms with van der Waals surface area (Å²) in [5, 5.41) is 23.4. The summed E-state index contributed by atoms with van der Waals surface area (Å²) in [5.74, 6) is -0.00137. The topological polar surface area (TPSA) is 128 Å². The van der Waals surface area contributed by atoms with E-state index in [0.29, 0.717) is 30.9 Å². The fraction of sp³-hybridized carbons (Fsp3) is 0.891.